The summed E-state index contributed by atoms with van der Waals surface area (Å²) in [6.45, 7) is -0.240. The number of carbonyl (C=O) groups is 2. The number of amides is 1. The van der Waals surface area contributed by atoms with Crippen molar-refractivity contribution >= 4 is 61.6 Å². The SMILES string of the molecule is O=C(COc1cccc(Cl)c1)N/N=C\c1cc(Br)cc(Br)c1OC(=O)c1ccccc1. The van der Waals surface area contributed by atoms with Gasteiger partial charge < -0.3 is 9.47 Å². The van der Waals surface area contributed by atoms with Gasteiger partial charge in [-0.05, 0) is 58.4 Å². The maximum Gasteiger partial charge on any atom is 0.343 e. The number of hydrogen-bond acceptors (Lipinski definition) is 5. The third-order valence-corrected chi connectivity index (χ3v) is 5.08. The lowest BCUT2D eigenvalue weighted by Gasteiger charge is -2.10. The first-order valence-electron chi connectivity index (χ1n) is 8.89. The Morgan fingerprint density at radius 3 is 2.55 bits per heavy atom. The molecule has 3 rings (SSSR count). The fraction of sp³-hybridized carbons (Fsp3) is 0.0455. The summed E-state index contributed by atoms with van der Waals surface area (Å²) >= 11 is 12.7. The second-order valence-corrected chi connectivity index (χ2v) is 8.31. The van der Waals surface area contributed by atoms with Crippen molar-refractivity contribution in [1.82, 2.24) is 5.43 Å². The molecular weight excluding hydrogens is 552 g/mol. The lowest BCUT2D eigenvalue weighted by atomic mass is 10.2. The number of carbonyl (C=O) groups excluding carboxylic acids is 2. The number of benzene rings is 3. The van der Waals surface area contributed by atoms with Crippen molar-refractivity contribution in [2.24, 2.45) is 5.10 Å². The van der Waals surface area contributed by atoms with Crippen LogP contribution in [0.15, 0.2) is 80.8 Å². The number of hydrazone groups is 1. The molecule has 3 aromatic carbocycles. The van der Waals surface area contributed by atoms with Crippen molar-refractivity contribution in [2.75, 3.05) is 6.61 Å². The number of rotatable bonds is 7. The highest BCUT2D eigenvalue weighted by atomic mass is 79.9. The van der Waals surface area contributed by atoms with Gasteiger partial charge in [0.2, 0.25) is 0 Å². The van der Waals surface area contributed by atoms with Gasteiger partial charge in [-0.25, -0.2) is 10.2 Å². The molecule has 9 heteroatoms. The quantitative estimate of drug-likeness (QED) is 0.175. The molecule has 31 heavy (non-hydrogen) atoms. The molecule has 6 nitrogen and oxygen atoms in total. The van der Waals surface area contributed by atoms with Gasteiger partial charge in [0.15, 0.2) is 12.4 Å². The highest BCUT2D eigenvalue weighted by Gasteiger charge is 2.15. The summed E-state index contributed by atoms with van der Waals surface area (Å²) in [6.07, 6.45) is 1.38. The van der Waals surface area contributed by atoms with E-state index in [9.17, 15) is 9.59 Å². The molecule has 0 bridgehead atoms. The lowest BCUT2D eigenvalue weighted by Crippen LogP contribution is -2.24. The van der Waals surface area contributed by atoms with Crippen molar-refractivity contribution in [3.8, 4) is 11.5 Å². The average Bonchev–Trinajstić information content (AvgIpc) is 2.75. The summed E-state index contributed by atoms with van der Waals surface area (Å²) < 4.78 is 12.2. The van der Waals surface area contributed by atoms with Crippen molar-refractivity contribution in [1.29, 1.82) is 0 Å². The van der Waals surface area contributed by atoms with Gasteiger partial charge in [-0.2, -0.15) is 5.10 Å². The molecule has 0 aromatic heterocycles. The van der Waals surface area contributed by atoms with Gasteiger partial charge >= 0.3 is 5.97 Å². The first-order valence-corrected chi connectivity index (χ1v) is 10.9. The zero-order chi connectivity index (χ0) is 22.2. The van der Waals surface area contributed by atoms with Gasteiger partial charge in [-0.1, -0.05) is 51.8 Å². The molecule has 0 aliphatic carbocycles. The molecule has 0 unspecified atom stereocenters. The Bertz CT molecular complexity index is 1120. The van der Waals surface area contributed by atoms with Crippen LogP contribution in [0.2, 0.25) is 5.02 Å². The van der Waals surface area contributed by atoms with E-state index in [0.29, 0.717) is 26.4 Å². The molecule has 0 heterocycles. The molecule has 0 aliphatic rings. The summed E-state index contributed by atoms with van der Waals surface area (Å²) in [7, 11) is 0. The van der Waals surface area contributed by atoms with Gasteiger partial charge in [-0.3, -0.25) is 4.79 Å². The van der Waals surface area contributed by atoms with Crippen LogP contribution in [0, 0.1) is 0 Å². The minimum Gasteiger partial charge on any atom is -0.484 e. The number of halogens is 3. The Morgan fingerprint density at radius 2 is 1.81 bits per heavy atom. The van der Waals surface area contributed by atoms with E-state index in [1.165, 1.54) is 6.21 Å². The minimum atomic E-state index is -0.516. The number of nitrogens with one attached hydrogen (secondary N) is 1. The predicted molar refractivity (Wildman–Crippen MR) is 126 cm³/mol. The smallest absolute Gasteiger partial charge is 0.343 e. The van der Waals surface area contributed by atoms with Crippen LogP contribution < -0.4 is 14.9 Å². The topological polar surface area (TPSA) is 77.0 Å². The third kappa shape index (κ3) is 6.92. The number of esters is 1. The molecule has 0 fully saturated rings. The van der Waals surface area contributed by atoms with Gasteiger partial charge in [0, 0.05) is 15.1 Å². The average molecular weight is 567 g/mol. The monoisotopic (exact) mass is 564 g/mol. The van der Waals surface area contributed by atoms with Crippen LogP contribution in [0.1, 0.15) is 15.9 Å². The van der Waals surface area contributed by atoms with Crippen LogP contribution in [-0.4, -0.2) is 24.7 Å². The van der Waals surface area contributed by atoms with E-state index in [1.807, 2.05) is 6.07 Å². The van der Waals surface area contributed by atoms with Crippen LogP contribution in [0.5, 0.6) is 11.5 Å². The summed E-state index contributed by atoms with van der Waals surface area (Å²) in [5, 5.41) is 4.44. The Kier molecular flexibility index (Phi) is 8.22. The van der Waals surface area contributed by atoms with Crippen LogP contribution in [-0.2, 0) is 4.79 Å². The van der Waals surface area contributed by atoms with Gasteiger partial charge in [0.05, 0.1) is 16.3 Å². The predicted octanol–water partition coefficient (Wildman–Crippen LogP) is 5.61. The zero-order valence-electron chi connectivity index (χ0n) is 15.8. The van der Waals surface area contributed by atoms with Crippen LogP contribution in [0.25, 0.3) is 0 Å². The molecule has 0 saturated carbocycles. The van der Waals surface area contributed by atoms with Gasteiger partial charge in [-0.15, -0.1) is 0 Å². The summed E-state index contributed by atoms with van der Waals surface area (Å²) in [4.78, 5) is 24.4. The third-order valence-electron chi connectivity index (χ3n) is 3.80. The van der Waals surface area contributed by atoms with E-state index >= 15 is 0 Å². The summed E-state index contributed by atoms with van der Waals surface area (Å²) in [5.41, 5.74) is 3.25. The van der Waals surface area contributed by atoms with Crippen LogP contribution in [0.4, 0.5) is 0 Å². The van der Waals surface area contributed by atoms with E-state index in [-0.39, 0.29) is 12.4 Å². The molecule has 158 valence electrons. The maximum atomic E-state index is 12.4. The van der Waals surface area contributed by atoms with Crippen molar-refractivity contribution in [3.63, 3.8) is 0 Å². The molecule has 3 aromatic rings. The van der Waals surface area contributed by atoms with Gasteiger partial charge in [0.25, 0.3) is 5.91 Å². The largest absolute Gasteiger partial charge is 0.484 e. The molecule has 0 aliphatic heterocycles. The number of ether oxygens (including phenoxy) is 2. The Balaban J connectivity index is 1.66. The Morgan fingerprint density at radius 1 is 1.03 bits per heavy atom. The van der Waals surface area contributed by atoms with E-state index in [0.717, 1.165) is 4.47 Å². The first-order chi connectivity index (χ1) is 14.9. The van der Waals surface area contributed by atoms with Gasteiger partial charge in [0.1, 0.15) is 5.75 Å². The summed E-state index contributed by atoms with van der Waals surface area (Å²) in [6, 6.07) is 18.8. The highest BCUT2D eigenvalue weighted by Crippen LogP contribution is 2.32. The second-order valence-electron chi connectivity index (χ2n) is 6.10. The van der Waals surface area contributed by atoms with E-state index in [1.54, 1.807) is 60.7 Å². The number of nitrogens with zero attached hydrogens (tertiary/aromatic N) is 1. The fourth-order valence-corrected chi connectivity index (χ4v) is 3.94. The van der Waals surface area contributed by atoms with Crippen LogP contribution in [0.3, 0.4) is 0 Å². The second kappa shape index (κ2) is 11.1. The summed E-state index contributed by atoms with van der Waals surface area (Å²) in [5.74, 6) is -0.242. The fourth-order valence-electron chi connectivity index (χ4n) is 2.42. The van der Waals surface area contributed by atoms with Crippen molar-refractivity contribution in [2.45, 2.75) is 0 Å². The first kappa shape index (κ1) is 23.0. The van der Waals surface area contributed by atoms with Crippen molar-refractivity contribution < 1.29 is 19.1 Å². The molecule has 0 spiro atoms. The molecule has 0 saturated heterocycles. The van der Waals surface area contributed by atoms with E-state index in [4.69, 9.17) is 21.1 Å². The number of hydrogen-bond donors (Lipinski definition) is 1. The molecule has 1 amide bonds. The zero-order valence-corrected chi connectivity index (χ0v) is 19.8. The molecule has 1 N–H and O–H groups in total. The molecule has 0 radical (unpaired) electrons. The Labute approximate surface area is 200 Å². The van der Waals surface area contributed by atoms with Crippen LogP contribution >= 0.6 is 43.5 Å². The maximum absolute atomic E-state index is 12.4. The Hall–Kier alpha value is -2.68. The normalized spacial score (nSPS) is 10.7. The standard InChI is InChI=1S/C22H15Br2ClN2O4/c23-16-9-15(12-26-27-20(28)13-30-18-8-4-7-17(25)11-18)21(19(24)10-16)31-22(29)14-5-2-1-3-6-14/h1-12H,13H2,(H,27,28)/b26-12-. The molecule has 0 atom stereocenters. The lowest BCUT2D eigenvalue weighted by molar-refractivity contribution is -0.123. The van der Waals surface area contributed by atoms with E-state index < -0.39 is 11.9 Å². The highest BCUT2D eigenvalue weighted by molar-refractivity contribution is 9.11. The molecular formula is C22H15Br2ClN2O4. The minimum absolute atomic E-state index is 0.240. The van der Waals surface area contributed by atoms with E-state index in [2.05, 4.69) is 42.4 Å². The van der Waals surface area contributed by atoms with Crippen molar-refractivity contribution in [3.05, 3.63) is 91.8 Å².